The number of aromatic nitrogens is 2. The van der Waals surface area contributed by atoms with E-state index < -0.39 is 0 Å². The van der Waals surface area contributed by atoms with E-state index in [1.165, 1.54) is 5.56 Å². The van der Waals surface area contributed by atoms with Crippen LogP contribution in [0.2, 0.25) is 0 Å². The number of anilines is 1. The van der Waals surface area contributed by atoms with E-state index in [-0.39, 0.29) is 0 Å². The molecule has 0 atom stereocenters. The van der Waals surface area contributed by atoms with Crippen molar-refractivity contribution < 1.29 is 9.53 Å². The Morgan fingerprint density at radius 2 is 1.96 bits per heavy atom. The molecule has 1 saturated heterocycles. The first kappa shape index (κ1) is 15.3. The van der Waals surface area contributed by atoms with Gasteiger partial charge in [0.15, 0.2) is 0 Å². The van der Waals surface area contributed by atoms with Crippen molar-refractivity contribution in [1.82, 2.24) is 9.97 Å². The summed E-state index contributed by atoms with van der Waals surface area (Å²) in [4.78, 5) is 21.8. The molecule has 2 aromatic heterocycles. The van der Waals surface area contributed by atoms with Gasteiger partial charge in [-0.05, 0) is 54.9 Å². The summed E-state index contributed by atoms with van der Waals surface area (Å²) in [6, 6.07) is 4.38. The second-order valence-corrected chi connectivity index (χ2v) is 6.50. The summed E-state index contributed by atoms with van der Waals surface area (Å²) in [5.41, 5.74) is 4.59. The topological polar surface area (TPSA) is 55.3 Å². The maximum Gasteiger partial charge on any atom is 0.215 e. The molecule has 0 unspecified atom stereocenters. The predicted octanol–water partition coefficient (Wildman–Crippen LogP) is 2.95. The van der Waals surface area contributed by atoms with E-state index >= 15 is 0 Å². The third kappa shape index (κ3) is 2.91. The zero-order chi connectivity index (χ0) is 16.4. The van der Waals surface area contributed by atoms with Crippen LogP contribution in [0.25, 0.3) is 11.1 Å². The van der Waals surface area contributed by atoms with Gasteiger partial charge >= 0.3 is 0 Å². The van der Waals surface area contributed by atoms with Crippen LogP contribution in [-0.4, -0.2) is 36.1 Å². The molecule has 0 N–H and O–H groups in total. The van der Waals surface area contributed by atoms with Crippen LogP contribution in [-0.2, 0) is 16.0 Å². The van der Waals surface area contributed by atoms with Crippen molar-refractivity contribution in [1.29, 1.82) is 0 Å². The van der Waals surface area contributed by atoms with Gasteiger partial charge in [0.05, 0.1) is 0 Å². The lowest BCUT2D eigenvalue weighted by Crippen LogP contribution is -2.28. The molecule has 2 aromatic rings. The molecule has 4 heterocycles. The second-order valence-electron chi connectivity index (χ2n) is 6.50. The number of rotatable bonds is 3. The van der Waals surface area contributed by atoms with E-state index in [4.69, 9.17) is 4.74 Å². The van der Waals surface area contributed by atoms with E-state index in [9.17, 15) is 4.79 Å². The van der Waals surface area contributed by atoms with E-state index in [0.29, 0.717) is 5.92 Å². The summed E-state index contributed by atoms with van der Waals surface area (Å²) in [6.45, 7) is 2.41. The van der Waals surface area contributed by atoms with Crippen LogP contribution in [0.15, 0.2) is 30.7 Å². The standard InChI is InChI=1S/C19H21N3O2/c23-13-22-5-1-2-15-8-18(12-21-19(15)22)17-9-16(10-20-11-17)14-3-6-24-7-4-14/h8-14H,1-7H2. The molecular formula is C19H21N3O2. The molecule has 0 spiro atoms. The van der Waals surface area contributed by atoms with Crippen LogP contribution in [0, 0.1) is 0 Å². The molecule has 0 saturated carbocycles. The molecule has 2 aliphatic heterocycles. The van der Waals surface area contributed by atoms with Crippen molar-refractivity contribution in [2.45, 2.75) is 31.6 Å². The number of fused-ring (bicyclic) bond motifs is 1. The molecule has 5 heteroatoms. The zero-order valence-corrected chi connectivity index (χ0v) is 13.6. The Morgan fingerprint density at radius 1 is 1.12 bits per heavy atom. The Morgan fingerprint density at radius 3 is 2.79 bits per heavy atom. The number of aryl methyl sites for hydroxylation is 1. The number of hydrogen-bond donors (Lipinski definition) is 0. The van der Waals surface area contributed by atoms with Gasteiger partial charge in [-0.3, -0.25) is 14.7 Å². The van der Waals surface area contributed by atoms with Crippen LogP contribution >= 0.6 is 0 Å². The van der Waals surface area contributed by atoms with Gasteiger partial charge in [-0.1, -0.05) is 0 Å². The van der Waals surface area contributed by atoms with Crippen LogP contribution in [0.5, 0.6) is 0 Å². The van der Waals surface area contributed by atoms with Crippen LogP contribution in [0.1, 0.15) is 36.3 Å². The van der Waals surface area contributed by atoms with Crippen molar-refractivity contribution in [3.05, 3.63) is 41.9 Å². The molecule has 1 amide bonds. The van der Waals surface area contributed by atoms with Gasteiger partial charge in [-0.2, -0.15) is 0 Å². The quantitative estimate of drug-likeness (QED) is 0.815. The minimum absolute atomic E-state index is 0.530. The molecule has 0 aliphatic carbocycles. The third-order valence-electron chi connectivity index (χ3n) is 4.97. The first-order valence-electron chi connectivity index (χ1n) is 8.59. The summed E-state index contributed by atoms with van der Waals surface area (Å²) >= 11 is 0. The fourth-order valence-electron chi connectivity index (χ4n) is 3.62. The average Bonchev–Trinajstić information content (AvgIpc) is 2.68. The Balaban J connectivity index is 1.65. The lowest BCUT2D eigenvalue weighted by Gasteiger charge is -2.25. The van der Waals surface area contributed by atoms with E-state index in [0.717, 1.165) is 74.4 Å². The van der Waals surface area contributed by atoms with Crippen LogP contribution < -0.4 is 4.90 Å². The highest BCUT2D eigenvalue weighted by Gasteiger charge is 2.19. The number of ether oxygens (including phenoxy) is 1. The highest BCUT2D eigenvalue weighted by atomic mass is 16.5. The minimum atomic E-state index is 0.530. The maximum absolute atomic E-state index is 11.2. The van der Waals surface area contributed by atoms with Crippen molar-refractivity contribution in [3.63, 3.8) is 0 Å². The Labute approximate surface area is 141 Å². The maximum atomic E-state index is 11.2. The minimum Gasteiger partial charge on any atom is -0.381 e. The summed E-state index contributed by atoms with van der Waals surface area (Å²) in [5.74, 6) is 1.33. The first-order chi connectivity index (χ1) is 11.8. The van der Waals surface area contributed by atoms with E-state index in [2.05, 4.69) is 22.1 Å². The Bertz CT molecular complexity index is 741. The number of pyridine rings is 2. The highest BCUT2D eigenvalue weighted by Crippen LogP contribution is 2.31. The predicted molar refractivity (Wildman–Crippen MR) is 92.0 cm³/mol. The number of amides is 1. The molecule has 5 nitrogen and oxygen atoms in total. The SMILES string of the molecule is O=CN1CCCc2cc(-c3cncc(C4CCOCC4)c3)cnc21. The molecular weight excluding hydrogens is 302 g/mol. The van der Waals surface area contributed by atoms with Crippen LogP contribution in [0.4, 0.5) is 5.82 Å². The first-order valence-corrected chi connectivity index (χ1v) is 8.59. The summed E-state index contributed by atoms with van der Waals surface area (Å²) in [5, 5.41) is 0. The Hall–Kier alpha value is -2.27. The number of carbonyl (C=O) groups excluding carboxylic acids is 1. The number of nitrogens with zero attached hydrogens (tertiary/aromatic N) is 3. The third-order valence-corrected chi connectivity index (χ3v) is 4.97. The zero-order valence-electron chi connectivity index (χ0n) is 13.6. The molecule has 4 rings (SSSR count). The molecule has 0 aromatic carbocycles. The molecule has 2 aliphatic rings. The van der Waals surface area contributed by atoms with Gasteiger partial charge in [0.1, 0.15) is 5.82 Å². The summed E-state index contributed by atoms with van der Waals surface area (Å²) < 4.78 is 5.46. The van der Waals surface area contributed by atoms with E-state index in [1.54, 1.807) is 4.90 Å². The lowest BCUT2D eigenvalue weighted by molar-refractivity contribution is -0.107. The monoisotopic (exact) mass is 323 g/mol. The van der Waals surface area contributed by atoms with Gasteiger partial charge in [0.2, 0.25) is 6.41 Å². The van der Waals surface area contributed by atoms with Crippen molar-refractivity contribution in [3.8, 4) is 11.1 Å². The van der Waals surface area contributed by atoms with Crippen molar-refractivity contribution >= 4 is 12.2 Å². The number of carbonyl (C=O) groups is 1. The van der Waals surface area contributed by atoms with E-state index in [1.807, 2.05) is 18.6 Å². The average molecular weight is 323 g/mol. The fourth-order valence-corrected chi connectivity index (χ4v) is 3.62. The summed E-state index contributed by atoms with van der Waals surface area (Å²) in [6.07, 6.45) is 10.7. The molecule has 24 heavy (non-hydrogen) atoms. The molecule has 0 bridgehead atoms. The summed E-state index contributed by atoms with van der Waals surface area (Å²) in [7, 11) is 0. The molecule has 124 valence electrons. The highest BCUT2D eigenvalue weighted by molar-refractivity contribution is 5.77. The number of hydrogen-bond acceptors (Lipinski definition) is 4. The van der Waals surface area contributed by atoms with Gasteiger partial charge < -0.3 is 4.74 Å². The van der Waals surface area contributed by atoms with Crippen molar-refractivity contribution in [2.24, 2.45) is 0 Å². The largest absolute Gasteiger partial charge is 0.381 e. The normalized spacial score (nSPS) is 18.2. The van der Waals surface area contributed by atoms with Gasteiger partial charge in [0, 0.05) is 49.5 Å². The van der Waals surface area contributed by atoms with Crippen LogP contribution in [0.3, 0.4) is 0 Å². The molecule has 1 fully saturated rings. The van der Waals surface area contributed by atoms with Gasteiger partial charge in [-0.15, -0.1) is 0 Å². The molecule has 0 radical (unpaired) electrons. The lowest BCUT2D eigenvalue weighted by atomic mass is 9.91. The van der Waals surface area contributed by atoms with Gasteiger partial charge in [-0.25, -0.2) is 4.98 Å². The van der Waals surface area contributed by atoms with Gasteiger partial charge in [0.25, 0.3) is 0 Å². The van der Waals surface area contributed by atoms with Crippen molar-refractivity contribution in [2.75, 3.05) is 24.7 Å². The smallest absolute Gasteiger partial charge is 0.215 e. The second kappa shape index (κ2) is 6.69. The Kier molecular flexibility index (Phi) is 4.26. The fraction of sp³-hybridized carbons (Fsp3) is 0.421.